The monoisotopic (exact) mass is 269 g/mol. The van der Waals surface area contributed by atoms with Crippen LogP contribution < -0.4 is 5.32 Å². The second kappa shape index (κ2) is 8.07. The highest BCUT2D eigenvalue weighted by atomic mass is 16.5. The molecule has 0 aromatic heterocycles. The van der Waals surface area contributed by atoms with E-state index in [2.05, 4.69) is 11.9 Å². The summed E-state index contributed by atoms with van der Waals surface area (Å²) in [4.78, 5) is 34.3. The number of hydrogen-bond acceptors (Lipinski definition) is 5. The van der Waals surface area contributed by atoms with Crippen molar-refractivity contribution in [2.24, 2.45) is 0 Å². The van der Waals surface area contributed by atoms with Crippen LogP contribution in [-0.4, -0.2) is 36.6 Å². The van der Waals surface area contributed by atoms with Crippen molar-refractivity contribution < 1.29 is 23.9 Å². The molecule has 6 nitrogen and oxygen atoms in total. The van der Waals surface area contributed by atoms with Crippen molar-refractivity contribution in [3.05, 3.63) is 24.8 Å². The number of hydrogen-bond donors (Lipinski definition) is 1. The lowest BCUT2D eigenvalue weighted by atomic mass is 9.99. The van der Waals surface area contributed by atoms with Crippen molar-refractivity contribution in [1.29, 1.82) is 0 Å². The maximum absolute atomic E-state index is 11.9. The minimum absolute atomic E-state index is 0.140. The third-order valence-corrected chi connectivity index (χ3v) is 2.09. The molecule has 1 unspecified atom stereocenters. The molecule has 0 aromatic carbocycles. The fourth-order valence-electron chi connectivity index (χ4n) is 1.29. The Morgan fingerprint density at radius 2 is 1.79 bits per heavy atom. The zero-order chi connectivity index (χ0) is 14.9. The van der Waals surface area contributed by atoms with Gasteiger partial charge in [-0.25, -0.2) is 9.59 Å². The summed E-state index contributed by atoms with van der Waals surface area (Å²) < 4.78 is 9.56. The lowest BCUT2D eigenvalue weighted by Crippen LogP contribution is -2.51. The van der Waals surface area contributed by atoms with Crippen LogP contribution >= 0.6 is 0 Å². The highest BCUT2D eigenvalue weighted by molar-refractivity contribution is 5.93. The van der Waals surface area contributed by atoms with Gasteiger partial charge >= 0.3 is 11.9 Å². The Hall–Kier alpha value is -2.11. The normalized spacial score (nSPS) is 13.4. The molecule has 0 spiro atoms. The smallest absolute Gasteiger partial charge is 0.340 e. The number of carbonyl (C=O) groups is 3. The van der Waals surface area contributed by atoms with Gasteiger partial charge in [-0.2, -0.15) is 0 Å². The average molecular weight is 269 g/mol. The van der Waals surface area contributed by atoms with Crippen molar-refractivity contribution in [3.8, 4) is 0 Å². The van der Waals surface area contributed by atoms with Crippen LogP contribution in [0.1, 0.15) is 20.8 Å². The zero-order valence-corrected chi connectivity index (χ0v) is 11.4. The first-order valence-electron chi connectivity index (χ1n) is 5.87. The van der Waals surface area contributed by atoms with Gasteiger partial charge in [0.1, 0.15) is 0 Å². The second-order valence-corrected chi connectivity index (χ2v) is 3.56. The number of esters is 2. The molecule has 0 fully saturated rings. The van der Waals surface area contributed by atoms with Crippen LogP contribution in [0.25, 0.3) is 0 Å². The lowest BCUT2D eigenvalue weighted by molar-refractivity contribution is -0.148. The Kier molecular flexibility index (Phi) is 7.18. The van der Waals surface area contributed by atoms with Gasteiger partial charge in [0.25, 0.3) is 0 Å². The van der Waals surface area contributed by atoms with E-state index < -0.39 is 23.4 Å². The number of amides is 1. The molecule has 106 valence electrons. The van der Waals surface area contributed by atoms with Gasteiger partial charge in [0.2, 0.25) is 5.91 Å². The summed E-state index contributed by atoms with van der Waals surface area (Å²) >= 11 is 0. The molecule has 0 heterocycles. The standard InChI is InChI=1S/C13H19NO5/c1-5-13(14-10(4)15,12(17)19-7-3)9-8-11(16)18-6-2/h5,8-9H,1,6-7H2,2-4H3,(H,14,15)/b9-8+. The third-order valence-electron chi connectivity index (χ3n) is 2.09. The first-order valence-corrected chi connectivity index (χ1v) is 5.87. The molecule has 0 saturated carbocycles. The zero-order valence-electron chi connectivity index (χ0n) is 11.4. The van der Waals surface area contributed by atoms with Gasteiger partial charge in [-0.3, -0.25) is 4.79 Å². The average Bonchev–Trinajstić information content (AvgIpc) is 2.34. The van der Waals surface area contributed by atoms with Crippen LogP contribution in [0.2, 0.25) is 0 Å². The lowest BCUT2D eigenvalue weighted by Gasteiger charge is -2.25. The predicted molar refractivity (Wildman–Crippen MR) is 69.2 cm³/mol. The molecule has 0 saturated heterocycles. The van der Waals surface area contributed by atoms with Crippen molar-refractivity contribution in [2.45, 2.75) is 26.3 Å². The second-order valence-electron chi connectivity index (χ2n) is 3.56. The quantitative estimate of drug-likeness (QED) is 0.418. The van der Waals surface area contributed by atoms with E-state index in [1.165, 1.54) is 19.1 Å². The van der Waals surface area contributed by atoms with Gasteiger partial charge < -0.3 is 14.8 Å². The molecular formula is C13H19NO5. The van der Waals surface area contributed by atoms with E-state index in [1.807, 2.05) is 0 Å². The minimum atomic E-state index is -1.57. The molecule has 0 aliphatic carbocycles. The molecule has 0 bridgehead atoms. The Morgan fingerprint density at radius 3 is 2.21 bits per heavy atom. The predicted octanol–water partition coefficient (Wildman–Crippen LogP) is 0.730. The van der Waals surface area contributed by atoms with Gasteiger partial charge in [0, 0.05) is 13.0 Å². The molecule has 0 aromatic rings. The van der Waals surface area contributed by atoms with Crippen LogP contribution in [0.5, 0.6) is 0 Å². The topological polar surface area (TPSA) is 81.7 Å². The van der Waals surface area contributed by atoms with Crippen LogP contribution in [0, 0.1) is 0 Å². The molecule has 1 N–H and O–H groups in total. The molecule has 0 aliphatic heterocycles. The Morgan fingerprint density at radius 1 is 1.21 bits per heavy atom. The van der Waals surface area contributed by atoms with E-state index in [1.54, 1.807) is 13.8 Å². The van der Waals surface area contributed by atoms with Gasteiger partial charge in [0.15, 0.2) is 5.54 Å². The number of nitrogens with one attached hydrogen (secondary N) is 1. The summed E-state index contributed by atoms with van der Waals surface area (Å²) in [6.45, 7) is 8.38. The minimum Gasteiger partial charge on any atom is -0.464 e. The SMILES string of the molecule is C=CC(/C=C/C(=O)OCC)(NC(C)=O)C(=O)OCC. The van der Waals surface area contributed by atoms with Gasteiger partial charge in [-0.15, -0.1) is 0 Å². The first-order chi connectivity index (χ1) is 8.91. The summed E-state index contributed by atoms with van der Waals surface area (Å²) in [7, 11) is 0. The summed E-state index contributed by atoms with van der Waals surface area (Å²) in [6, 6.07) is 0. The molecule has 1 amide bonds. The van der Waals surface area contributed by atoms with Crippen LogP contribution in [0.3, 0.4) is 0 Å². The molecule has 0 radical (unpaired) electrons. The van der Waals surface area contributed by atoms with Gasteiger partial charge in [0.05, 0.1) is 13.2 Å². The molecule has 6 heteroatoms. The van der Waals surface area contributed by atoms with E-state index in [4.69, 9.17) is 9.47 Å². The van der Waals surface area contributed by atoms with Crippen molar-refractivity contribution in [1.82, 2.24) is 5.32 Å². The van der Waals surface area contributed by atoms with Crippen LogP contribution in [0.4, 0.5) is 0 Å². The van der Waals surface area contributed by atoms with Gasteiger partial charge in [-0.1, -0.05) is 12.7 Å². The largest absolute Gasteiger partial charge is 0.464 e. The number of rotatable bonds is 7. The van der Waals surface area contributed by atoms with Crippen LogP contribution in [-0.2, 0) is 23.9 Å². The van der Waals surface area contributed by atoms with E-state index in [-0.39, 0.29) is 13.2 Å². The highest BCUT2D eigenvalue weighted by Crippen LogP contribution is 2.12. The van der Waals surface area contributed by atoms with E-state index in [9.17, 15) is 14.4 Å². The summed E-state index contributed by atoms with van der Waals surface area (Å²) in [5, 5.41) is 2.40. The fraction of sp³-hybridized carbons (Fsp3) is 0.462. The first kappa shape index (κ1) is 16.9. The van der Waals surface area contributed by atoms with Crippen molar-refractivity contribution >= 4 is 17.8 Å². The van der Waals surface area contributed by atoms with E-state index in [0.29, 0.717) is 0 Å². The van der Waals surface area contributed by atoms with Gasteiger partial charge in [-0.05, 0) is 19.9 Å². The van der Waals surface area contributed by atoms with Crippen molar-refractivity contribution in [2.75, 3.05) is 13.2 Å². The summed E-state index contributed by atoms with van der Waals surface area (Å²) in [5.74, 6) is -1.80. The third kappa shape index (κ3) is 5.37. The molecular weight excluding hydrogens is 250 g/mol. The molecule has 0 aliphatic rings. The maximum Gasteiger partial charge on any atom is 0.340 e. The maximum atomic E-state index is 11.9. The summed E-state index contributed by atoms with van der Waals surface area (Å²) in [5.41, 5.74) is -1.57. The summed E-state index contributed by atoms with van der Waals surface area (Å²) in [6.07, 6.45) is 3.44. The number of carbonyl (C=O) groups excluding carboxylic acids is 3. The highest BCUT2D eigenvalue weighted by Gasteiger charge is 2.35. The molecule has 19 heavy (non-hydrogen) atoms. The Balaban J connectivity index is 5.23. The Labute approximate surface area is 112 Å². The fourth-order valence-corrected chi connectivity index (χ4v) is 1.29. The Bertz CT molecular complexity index is 388. The number of ether oxygens (including phenoxy) is 2. The van der Waals surface area contributed by atoms with Crippen LogP contribution in [0.15, 0.2) is 24.8 Å². The molecule has 0 rings (SSSR count). The molecule has 1 atom stereocenters. The van der Waals surface area contributed by atoms with E-state index >= 15 is 0 Å². The van der Waals surface area contributed by atoms with Crippen molar-refractivity contribution in [3.63, 3.8) is 0 Å². The van der Waals surface area contributed by atoms with E-state index in [0.717, 1.165) is 6.08 Å².